The van der Waals surface area contributed by atoms with E-state index in [1.54, 1.807) is 13.0 Å². The van der Waals surface area contributed by atoms with Crippen LogP contribution in [0.4, 0.5) is 0 Å². The summed E-state index contributed by atoms with van der Waals surface area (Å²) in [6, 6.07) is 2.98. The minimum atomic E-state index is -0.250. The number of H-pyrrole nitrogens is 1. The molecule has 1 aromatic rings. The number of hydrogen-bond donors (Lipinski definition) is 1. The smallest absolute Gasteiger partial charge is 0.306 e. The van der Waals surface area contributed by atoms with Crippen molar-refractivity contribution in [3.63, 3.8) is 0 Å². The number of aryl methyl sites for hydroxylation is 1. The zero-order chi connectivity index (χ0) is 10.4. The Morgan fingerprint density at radius 2 is 2.36 bits per heavy atom. The lowest BCUT2D eigenvalue weighted by molar-refractivity contribution is -0.143. The van der Waals surface area contributed by atoms with Crippen molar-refractivity contribution < 1.29 is 9.53 Å². The maximum atomic E-state index is 11.0. The van der Waals surface area contributed by atoms with Crippen molar-refractivity contribution >= 4 is 5.97 Å². The van der Waals surface area contributed by atoms with Gasteiger partial charge in [-0.3, -0.25) is 9.59 Å². The number of carbonyl (C=O) groups excluding carboxylic acids is 1. The highest BCUT2D eigenvalue weighted by atomic mass is 16.5. The topological polar surface area (TPSA) is 72.1 Å². The molecule has 1 rings (SSSR count). The monoisotopic (exact) mass is 196 g/mol. The molecule has 0 atom stereocenters. The van der Waals surface area contributed by atoms with E-state index in [0.717, 1.165) is 0 Å². The predicted molar refractivity (Wildman–Crippen MR) is 49.8 cm³/mol. The molecule has 14 heavy (non-hydrogen) atoms. The van der Waals surface area contributed by atoms with Crippen LogP contribution in [0.3, 0.4) is 0 Å². The van der Waals surface area contributed by atoms with E-state index < -0.39 is 0 Å². The highest BCUT2D eigenvalue weighted by Crippen LogP contribution is 1.97. The maximum Gasteiger partial charge on any atom is 0.306 e. The summed E-state index contributed by atoms with van der Waals surface area (Å²) < 4.78 is 4.75. The number of ether oxygens (including phenoxy) is 1. The van der Waals surface area contributed by atoms with Crippen molar-refractivity contribution in [3.05, 3.63) is 28.2 Å². The van der Waals surface area contributed by atoms with Gasteiger partial charge in [-0.15, -0.1) is 0 Å². The standard InChI is InChI=1S/C9H12N2O3/c1-2-14-9(13)6-4-7-3-5-8(12)11-10-7/h3,5H,2,4,6H2,1H3,(H,11,12). The van der Waals surface area contributed by atoms with Crippen LogP contribution in [-0.2, 0) is 16.0 Å². The quantitative estimate of drug-likeness (QED) is 0.701. The van der Waals surface area contributed by atoms with E-state index in [1.165, 1.54) is 6.07 Å². The molecule has 0 aliphatic rings. The molecule has 76 valence electrons. The van der Waals surface area contributed by atoms with E-state index in [1.807, 2.05) is 0 Å². The van der Waals surface area contributed by atoms with Crippen LogP contribution >= 0.6 is 0 Å². The molecule has 0 aliphatic heterocycles. The van der Waals surface area contributed by atoms with Crippen molar-refractivity contribution in [3.8, 4) is 0 Å². The van der Waals surface area contributed by atoms with Gasteiger partial charge in [0, 0.05) is 12.5 Å². The van der Waals surface area contributed by atoms with Crippen molar-refractivity contribution in [1.29, 1.82) is 0 Å². The van der Waals surface area contributed by atoms with Gasteiger partial charge < -0.3 is 4.74 Å². The summed E-state index contributed by atoms with van der Waals surface area (Å²) in [5.41, 5.74) is 0.433. The molecule has 0 radical (unpaired) electrons. The molecular formula is C9H12N2O3. The van der Waals surface area contributed by atoms with E-state index >= 15 is 0 Å². The molecule has 5 nitrogen and oxygen atoms in total. The van der Waals surface area contributed by atoms with E-state index in [0.29, 0.717) is 18.7 Å². The second-order valence-corrected chi connectivity index (χ2v) is 2.72. The predicted octanol–water partition coefficient (Wildman–Crippen LogP) is 0.266. The van der Waals surface area contributed by atoms with Crippen LogP contribution in [0, 0.1) is 0 Å². The number of carbonyl (C=O) groups is 1. The van der Waals surface area contributed by atoms with Crippen molar-refractivity contribution in [1.82, 2.24) is 10.2 Å². The van der Waals surface area contributed by atoms with Crippen LogP contribution < -0.4 is 5.56 Å². The summed E-state index contributed by atoms with van der Waals surface area (Å²) in [7, 11) is 0. The zero-order valence-electron chi connectivity index (χ0n) is 7.95. The molecule has 0 saturated carbocycles. The summed E-state index contributed by atoms with van der Waals surface area (Å²) >= 11 is 0. The van der Waals surface area contributed by atoms with Gasteiger partial charge in [0.2, 0.25) is 0 Å². The van der Waals surface area contributed by atoms with Crippen LogP contribution in [-0.4, -0.2) is 22.8 Å². The normalized spacial score (nSPS) is 9.79. The molecule has 1 N–H and O–H groups in total. The molecule has 1 aromatic heterocycles. The lowest BCUT2D eigenvalue weighted by Gasteiger charge is -2.00. The Bertz CT molecular complexity index is 339. The number of aromatic nitrogens is 2. The van der Waals surface area contributed by atoms with Crippen LogP contribution in [0.1, 0.15) is 19.0 Å². The summed E-state index contributed by atoms with van der Waals surface area (Å²) in [6.07, 6.45) is 0.766. The minimum Gasteiger partial charge on any atom is -0.466 e. The first-order valence-corrected chi connectivity index (χ1v) is 4.42. The Kier molecular flexibility index (Phi) is 3.84. The average Bonchev–Trinajstić information content (AvgIpc) is 2.17. The average molecular weight is 196 g/mol. The minimum absolute atomic E-state index is 0.245. The summed E-state index contributed by atoms with van der Waals surface area (Å²) in [5.74, 6) is -0.250. The first-order chi connectivity index (χ1) is 6.72. The van der Waals surface area contributed by atoms with Gasteiger partial charge >= 0.3 is 5.97 Å². The van der Waals surface area contributed by atoms with E-state index in [-0.39, 0.29) is 17.9 Å². The summed E-state index contributed by atoms with van der Waals surface area (Å²) in [4.78, 5) is 21.6. The first-order valence-electron chi connectivity index (χ1n) is 4.42. The fourth-order valence-corrected chi connectivity index (χ4v) is 0.976. The van der Waals surface area contributed by atoms with E-state index in [2.05, 4.69) is 10.2 Å². The van der Waals surface area contributed by atoms with Gasteiger partial charge in [-0.25, -0.2) is 5.10 Å². The SMILES string of the molecule is CCOC(=O)CCc1ccc(=O)[nH]n1. The number of esters is 1. The molecule has 5 heteroatoms. The largest absolute Gasteiger partial charge is 0.466 e. The highest BCUT2D eigenvalue weighted by molar-refractivity contribution is 5.69. The van der Waals surface area contributed by atoms with Crippen LogP contribution in [0.25, 0.3) is 0 Å². The second kappa shape index (κ2) is 5.16. The van der Waals surface area contributed by atoms with Crippen LogP contribution in [0.15, 0.2) is 16.9 Å². The number of aromatic amines is 1. The van der Waals surface area contributed by atoms with Crippen molar-refractivity contribution in [2.75, 3.05) is 6.61 Å². The van der Waals surface area contributed by atoms with Gasteiger partial charge in [-0.1, -0.05) is 0 Å². The lowest BCUT2D eigenvalue weighted by atomic mass is 10.2. The molecule has 0 unspecified atom stereocenters. The Morgan fingerprint density at radius 1 is 1.57 bits per heavy atom. The third-order valence-corrected chi connectivity index (χ3v) is 1.63. The third kappa shape index (κ3) is 3.38. The van der Waals surface area contributed by atoms with Gasteiger partial charge in [0.25, 0.3) is 5.56 Å². The highest BCUT2D eigenvalue weighted by Gasteiger charge is 2.02. The molecule has 0 saturated heterocycles. The Hall–Kier alpha value is -1.65. The molecule has 0 spiro atoms. The Balaban J connectivity index is 2.42. The first kappa shape index (κ1) is 10.4. The summed E-state index contributed by atoms with van der Waals surface area (Å²) in [6.45, 7) is 2.15. The molecule has 0 aromatic carbocycles. The molecule has 0 bridgehead atoms. The van der Waals surface area contributed by atoms with Gasteiger partial charge in [0.1, 0.15) is 0 Å². The van der Waals surface area contributed by atoms with Crippen molar-refractivity contribution in [2.24, 2.45) is 0 Å². The second-order valence-electron chi connectivity index (χ2n) is 2.72. The third-order valence-electron chi connectivity index (χ3n) is 1.63. The number of nitrogens with zero attached hydrogens (tertiary/aromatic N) is 1. The molecule has 1 heterocycles. The fraction of sp³-hybridized carbons (Fsp3) is 0.444. The fourth-order valence-electron chi connectivity index (χ4n) is 0.976. The number of hydrogen-bond acceptors (Lipinski definition) is 4. The number of rotatable bonds is 4. The van der Waals surface area contributed by atoms with Crippen molar-refractivity contribution in [2.45, 2.75) is 19.8 Å². The number of nitrogens with one attached hydrogen (secondary N) is 1. The van der Waals surface area contributed by atoms with Crippen LogP contribution in [0.2, 0.25) is 0 Å². The van der Waals surface area contributed by atoms with Gasteiger partial charge in [-0.2, -0.15) is 5.10 Å². The summed E-state index contributed by atoms with van der Waals surface area (Å²) in [5, 5.41) is 6.06. The zero-order valence-corrected chi connectivity index (χ0v) is 7.95. The Morgan fingerprint density at radius 3 is 2.93 bits per heavy atom. The van der Waals surface area contributed by atoms with E-state index in [4.69, 9.17) is 4.74 Å². The lowest BCUT2D eigenvalue weighted by Crippen LogP contribution is -2.10. The Labute approximate surface area is 81.1 Å². The molecule has 0 fully saturated rings. The van der Waals surface area contributed by atoms with Crippen LogP contribution in [0.5, 0.6) is 0 Å². The van der Waals surface area contributed by atoms with Gasteiger partial charge in [-0.05, 0) is 13.0 Å². The molecular weight excluding hydrogens is 184 g/mol. The van der Waals surface area contributed by atoms with Gasteiger partial charge in [0.05, 0.1) is 18.7 Å². The molecule has 0 aliphatic carbocycles. The molecule has 0 amide bonds. The maximum absolute atomic E-state index is 11.0. The van der Waals surface area contributed by atoms with E-state index in [9.17, 15) is 9.59 Å². The van der Waals surface area contributed by atoms with Gasteiger partial charge in [0.15, 0.2) is 0 Å².